The summed E-state index contributed by atoms with van der Waals surface area (Å²) >= 11 is 0. The molecule has 2 aromatic rings. The number of fused-ring (bicyclic) bond motifs is 1. The molecule has 1 N–H and O–H groups in total. The second-order valence-electron chi connectivity index (χ2n) is 8.25. The number of nitrogens with zero attached hydrogens (tertiary/aromatic N) is 1. The largest absolute Gasteiger partial charge is 0.465 e. The van der Waals surface area contributed by atoms with Crippen molar-refractivity contribution >= 4 is 41.0 Å². The van der Waals surface area contributed by atoms with E-state index in [1.54, 1.807) is 12.1 Å². The highest BCUT2D eigenvalue weighted by molar-refractivity contribution is 6.22. The topological polar surface area (TPSA) is 119 Å². The van der Waals surface area contributed by atoms with Gasteiger partial charge in [0.15, 0.2) is 6.61 Å². The summed E-state index contributed by atoms with van der Waals surface area (Å²) < 4.78 is 9.71. The molecule has 1 aliphatic carbocycles. The molecule has 1 aliphatic heterocycles. The molecule has 1 heterocycles. The van der Waals surface area contributed by atoms with Gasteiger partial charge >= 0.3 is 11.9 Å². The molecule has 34 heavy (non-hydrogen) atoms. The van der Waals surface area contributed by atoms with E-state index in [-0.39, 0.29) is 29.2 Å². The number of carbonyl (C=O) groups is 5. The number of hydrogen-bond donors (Lipinski definition) is 1. The average molecular weight is 464 g/mol. The smallest absolute Gasteiger partial charge is 0.338 e. The maximum absolute atomic E-state index is 12.8. The van der Waals surface area contributed by atoms with Crippen LogP contribution in [-0.2, 0) is 23.9 Å². The van der Waals surface area contributed by atoms with Crippen LogP contribution in [0.25, 0.3) is 0 Å². The van der Waals surface area contributed by atoms with Gasteiger partial charge in [-0.25, -0.2) is 9.59 Å². The number of esters is 2. The number of hydrogen-bond acceptors (Lipinski definition) is 7. The normalized spacial score (nSPS) is 19.4. The van der Waals surface area contributed by atoms with Crippen LogP contribution in [0.5, 0.6) is 0 Å². The van der Waals surface area contributed by atoms with Crippen molar-refractivity contribution in [3.63, 3.8) is 0 Å². The standard InChI is InChI=1S/C25H24N2O7/c1-33-24(31)15-9-11-17(12-10-15)26-21(28)14-34-25(32)16-5-4-6-18(13-16)27-22(29)19-7-2-3-8-20(19)23(27)30/h4-6,9-13,19-20H,2-3,7-8,14H2,1H3,(H,26,28)/t19-,20+. The predicted octanol–water partition coefficient (Wildman–Crippen LogP) is 2.95. The van der Waals surface area contributed by atoms with E-state index in [1.165, 1.54) is 48.4 Å². The first-order valence-electron chi connectivity index (χ1n) is 11.0. The number of amides is 3. The fraction of sp³-hybridized carbons (Fsp3) is 0.320. The summed E-state index contributed by atoms with van der Waals surface area (Å²) in [5, 5.41) is 2.56. The van der Waals surface area contributed by atoms with Gasteiger partial charge in [0.2, 0.25) is 11.8 Å². The first kappa shape index (κ1) is 23.2. The Labute approximate surface area is 196 Å². The van der Waals surface area contributed by atoms with E-state index in [0.29, 0.717) is 29.8 Å². The molecule has 2 aliphatic rings. The molecule has 0 spiro atoms. The Hall–Kier alpha value is -4.01. The van der Waals surface area contributed by atoms with Gasteiger partial charge in [-0.2, -0.15) is 0 Å². The van der Waals surface area contributed by atoms with Crippen molar-refractivity contribution in [1.29, 1.82) is 0 Å². The van der Waals surface area contributed by atoms with E-state index in [0.717, 1.165) is 12.8 Å². The monoisotopic (exact) mass is 464 g/mol. The van der Waals surface area contributed by atoms with Crippen LogP contribution in [0.3, 0.4) is 0 Å². The molecule has 3 amide bonds. The van der Waals surface area contributed by atoms with Crippen molar-refractivity contribution in [1.82, 2.24) is 0 Å². The number of anilines is 2. The van der Waals surface area contributed by atoms with Gasteiger partial charge in [-0.3, -0.25) is 19.3 Å². The van der Waals surface area contributed by atoms with Crippen molar-refractivity contribution in [3.05, 3.63) is 59.7 Å². The van der Waals surface area contributed by atoms with Crippen molar-refractivity contribution < 1.29 is 33.4 Å². The zero-order valence-electron chi connectivity index (χ0n) is 18.6. The molecule has 0 unspecified atom stereocenters. The summed E-state index contributed by atoms with van der Waals surface area (Å²) in [5.74, 6) is -2.84. The number of carbonyl (C=O) groups excluding carboxylic acids is 5. The molecular weight excluding hydrogens is 440 g/mol. The maximum Gasteiger partial charge on any atom is 0.338 e. The van der Waals surface area contributed by atoms with Gasteiger partial charge in [-0.15, -0.1) is 0 Å². The van der Waals surface area contributed by atoms with Crippen LogP contribution in [0.1, 0.15) is 46.4 Å². The number of nitrogens with one attached hydrogen (secondary N) is 1. The van der Waals surface area contributed by atoms with Crippen LogP contribution in [0.2, 0.25) is 0 Å². The van der Waals surface area contributed by atoms with Gasteiger partial charge in [-0.1, -0.05) is 18.9 Å². The number of ether oxygens (including phenoxy) is 2. The second-order valence-corrected chi connectivity index (χ2v) is 8.25. The Morgan fingerprint density at radius 1 is 0.912 bits per heavy atom. The van der Waals surface area contributed by atoms with Crippen molar-refractivity contribution in [2.45, 2.75) is 25.7 Å². The van der Waals surface area contributed by atoms with Crippen LogP contribution in [0.4, 0.5) is 11.4 Å². The Morgan fingerprint density at radius 2 is 1.56 bits per heavy atom. The fourth-order valence-corrected chi connectivity index (χ4v) is 4.41. The van der Waals surface area contributed by atoms with Crippen LogP contribution in [0.15, 0.2) is 48.5 Å². The third kappa shape index (κ3) is 4.68. The molecule has 176 valence electrons. The Balaban J connectivity index is 1.36. The number of benzene rings is 2. The van der Waals surface area contributed by atoms with Crippen LogP contribution >= 0.6 is 0 Å². The molecule has 1 saturated carbocycles. The highest BCUT2D eigenvalue weighted by atomic mass is 16.5. The van der Waals surface area contributed by atoms with E-state index in [2.05, 4.69) is 10.1 Å². The van der Waals surface area contributed by atoms with Crippen molar-refractivity contribution in [2.24, 2.45) is 11.8 Å². The van der Waals surface area contributed by atoms with Crippen LogP contribution in [-0.4, -0.2) is 43.4 Å². The van der Waals surface area contributed by atoms with Crippen LogP contribution < -0.4 is 10.2 Å². The van der Waals surface area contributed by atoms with Gasteiger partial charge in [0.1, 0.15) is 0 Å². The van der Waals surface area contributed by atoms with Gasteiger partial charge in [-0.05, 0) is 55.3 Å². The second kappa shape index (κ2) is 9.86. The molecule has 2 fully saturated rings. The van der Waals surface area contributed by atoms with Gasteiger partial charge in [0.25, 0.3) is 5.91 Å². The summed E-state index contributed by atoms with van der Waals surface area (Å²) in [6.07, 6.45) is 3.26. The molecule has 0 radical (unpaired) electrons. The lowest BCUT2D eigenvalue weighted by molar-refractivity contribution is -0.122. The highest BCUT2D eigenvalue weighted by Gasteiger charge is 2.48. The van der Waals surface area contributed by atoms with Crippen LogP contribution in [0, 0.1) is 11.8 Å². The van der Waals surface area contributed by atoms with E-state index in [9.17, 15) is 24.0 Å². The zero-order valence-corrected chi connectivity index (χ0v) is 18.6. The Kier molecular flexibility index (Phi) is 6.72. The first-order valence-corrected chi connectivity index (χ1v) is 11.0. The van der Waals surface area contributed by atoms with E-state index < -0.39 is 24.5 Å². The summed E-state index contributed by atoms with van der Waals surface area (Å²) in [6, 6.07) is 12.1. The lowest BCUT2D eigenvalue weighted by Gasteiger charge is -2.19. The molecule has 2 aromatic carbocycles. The fourth-order valence-electron chi connectivity index (χ4n) is 4.41. The molecular formula is C25H24N2O7. The average Bonchev–Trinajstić information content (AvgIpc) is 3.12. The highest BCUT2D eigenvalue weighted by Crippen LogP contribution is 2.40. The van der Waals surface area contributed by atoms with Gasteiger partial charge in [0.05, 0.1) is 35.8 Å². The summed E-state index contributed by atoms with van der Waals surface area (Å²) in [4.78, 5) is 62.9. The minimum absolute atomic E-state index is 0.128. The zero-order chi connectivity index (χ0) is 24.2. The Bertz CT molecular complexity index is 1120. The lowest BCUT2D eigenvalue weighted by Crippen LogP contribution is -2.31. The lowest BCUT2D eigenvalue weighted by atomic mass is 9.81. The molecule has 1 saturated heterocycles. The quantitative estimate of drug-likeness (QED) is 0.516. The van der Waals surface area contributed by atoms with Crippen molar-refractivity contribution in [2.75, 3.05) is 23.9 Å². The molecule has 4 rings (SSSR count). The SMILES string of the molecule is COC(=O)c1ccc(NC(=O)COC(=O)c2cccc(N3C(=O)[C@H]4CCCC[C@H]4C3=O)c2)cc1. The van der Waals surface area contributed by atoms with E-state index in [4.69, 9.17) is 4.74 Å². The van der Waals surface area contributed by atoms with E-state index in [1.807, 2.05) is 0 Å². The first-order chi connectivity index (χ1) is 16.4. The predicted molar refractivity (Wildman–Crippen MR) is 121 cm³/mol. The number of methoxy groups -OCH3 is 1. The van der Waals surface area contributed by atoms with Gasteiger partial charge in [0, 0.05) is 5.69 Å². The number of imide groups is 1. The maximum atomic E-state index is 12.8. The van der Waals surface area contributed by atoms with Gasteiger partial charge < -0.3 is 14.8 Å². The molecule has 2 atom stereocenters. The van der Waals surface area contributed by atoms with E-state index >= 15 is 0 Å². The molecule has 0 aromatic heterocycles. The summed E-state index contributed by atoms with van der Waals surface area (Å²) in [5.41, 5.74) is 1.21. The molecule has 9 heteroatoms. The summed E-state index contributed by atoms with van der Waals surface area (Å²) in [6.45, 7) is -0.534. The summed E-state index contributed by atoms with van der Waals surface area (Å²) in [7, 11) is 1.27. The molecule has 9 nitrogen and oxygen atoms in total. The third-order valence-corrected chi connectivity index (χ3v) is 6.11. The molecule has 0 bridgehead atoms. The Morgan fingerprint density at radius 3 is 2.18 bits per heavy atom. The van der Waals surface area contributed by atoms with Crippen molar-refractivity contribution in [3.8, 4) is 0 Å². The minimum atomic E-state index is -0.755. The minimum Gasteiger partial charge on any atom is -0.465 e. The third-order valence-electron chi connectivity index (χ3n) is 6.11. The number of rotatable bonds is 6.